The number of nitrogen functional groups attached to an aromatic ring is 1. The summed E-state index contributed by atoms with van der Waals surface area (Å²) >= 11 is 3.27. The monoisotopic (exact) mass is 509 g/mol. The number of likely N-dealkylation sites (tertiary alicyclic amines) is 1. The predicted octanol–water partition coefficient (Wildman–Crippen LogP) is 3.75. The van der Waals surface area contributed by atoms with E-state index in [0.29, 0.717) is 41.8 Å². The quantitative estimate of drug-likeness (QED) is 0.371. The summed E-state index contributed by atoms with van der Waals surface area (Å²) in [5, 5.41) is 5.25. The van der Waals surface area contributed by atoms with Crippen LogP contribution in [0.4, 0.5) is 5.82 Å². The number of alkyl halides is 1. The number of halogens is 1. The lowest BCUT2D eigenvalue weighted by molar-refractivity contribution is -0.125. The van der Waals surface area contributed by atoms with Crippen molar-refractivity contribution in [2.24, 2.45) is 5.73 Å². The molecule has 2 heterocycles. The van der Waals surface area contributed by atoms with Crippen molar-refractivity contribution >= 4 is 33.6 Å². The van der Waals surface area contributed by atoms with Crippen LogP contribution in [-0.2, 0) is 4.79 Å². The molecule has 0 bridgehead atoms. The zero-order chi connectivity index (χ0) is 23.4. The standard InChI is InChI=1S/C24H24BrN5O3/c25-13-4-7-20(31)29-14-12-17(15-29)30-23(26)21(24(27)32)22(28-30)16-8-10-19(11-9-16)33-18-5-2-1-3-6-18/h1-11,17H,12-15,26H2,(H2,27,32)/b7-4+/t17-/m1/s1. The fourth-order valence-electron chi connectivity index (χ4n) is 3.87. The van der Waals surface area contributed by atoms with E-state index < -0.39 is 5.91 Å². The van der Waals surface area contributed by atoms with Gasteiger partial charge >= 0.3 is 0 Å². The van der Waals surface area contributed by atoms with Gasteiger partial charge in [0.05, 0.1) is 6.04 Å². The van der Waals surface area contributed by atoms with Crippen molar-refractivity contribution in [3.63, 3.8) is 0 Å². The summed E-state index contributed by atoms with van der Waals surface area (Å²) in [5.74, 6) is 0.872. The predicted molar refractivity (Wildman–Crippen MR) is 130 cm³/mol. The summed E-state index contributed by atoms with van der Waals surface area (Å²) in [6.45, 7) is 1.04. The third kappa shape index (κ3) is 4.93. The van der Waals surface area contributed by atoms with Gasteiger partial charge in [0.1, 0.15) is 28.6 Å². The second-order valence-corrected chi connectivity index (χ2v) is 8.29. The summed E-state index contributed by atoms with van der Waals surface area (Å²) in [7, 11) is 0. The van der Waals surface area contributed by atoms with Crippen LogP contribution in [0.5, 0.6) is 11.5 Å². The maximum absolute atomic E-state index is 12.3. The molecular formula is C24H24BrN5O3. The van der Waals surface area contributed by atoms with Gasteiger partial charge in [-0.1, -0.05) is 40.2 Å². The Balaban J connectivity index is 1.58. The maximum atomic E-state index is 12.3. The second-order valence-electron chi connectivity index (χ2n) is 7.64. The number of hydrogen-bond donors (Lipinski definition) is 2. The van der Waals surface area contributed by atoms with E-state index in [1.807, 2.05) is 42.5 Å². The van der Waals surface area contributed by atoms with Crippen LogP contribution in [0.15, 0.2) is 66.7 Å². The van der Waals surface area contributed by atoms with E-state index in [1.54, 1.807) is 33.9 Å². The van der Waals surface area contributed by atoms with Gasteiger partial charge in [0, 0.05) is 24.0 Å². The van der Waals surface area contributed by atoms with E-state index in [-0.39, 0.29) is 23.3 Å². The Bertz CT molecular complexity index is 1170. The molecule has 2 aromatic carbocycles. The molecule has 0 saturated carbocycles. The normalized spacial score (nSPS) is 15.8. The van der Waals surface area contributed by atoms with E-state index >= 15 is 0 Å². The van der Waals surface area contributed by atoms with Gasteiger partial charge < -0.3 is 21.1 Å². The van der Waals surface area contributed by atoms with Crippen LogP contribution in [0.1, 0.15) is 22.8 Å². The molecule has 170 valence electrons. The molecule has 1 aromatic heterocycles. The second kappa shape index (κ2) is 9.91. The fraction of sp³-hybridized carbons (Fsp3) is 0.208. The molecule has 0 radical (unpaired) electrons. The molecule has 1 fully saturated rings. The number of benzene rings is 2. The molecule has 1 atom stereocenters. The summed E-state index contributed by atoms with van der Waals surface area (Å²) in [5.41, 5.74) is 13.2. The van der Waals surface area contributed by atoms with E-state index in [2.05, 4.69) is 21.0 Å². The van der Waals surface area contributed by atoms with Crippen LogP contribution in [0.25, 0.3) is 11.3 Å². The van der Waals surface area contributed by atoms with Crippen molar-refractivity contribution < 1.29 is 14.3 Å². The third-order valence-corrected chi connectivity index (χ3v) is 5.84. The van der Waals surface area contributed by atoms with Crippen molar-refractivity contribution in [1.29, 1.82) is 0 Å². The SMILES string of the molecule is NC(=O)c1c(-c2ccc(Oc3ccccc3)cc2)nn([C@@H]2CCN(C(=O)/C=C/CBr)C2)c1N. The molecule has 8 nitrogen and oxygen atoms in total. The van der Waals surface area contributed by atoms with E-state index in [1.165, 1.54) is 0 Å². The van der Waals surface area contributed by atoms with Gasteiger partial charge in [0.25, 0.3) is 5.91 Å². The average molecular weight is 510 g/mol. The Hall–Kier alpha value is -3.59. The Morgan fingerprint density at radius 1 is 1.12 bits per heavy atom. The molecule has 0 aliphatic carbocycles. The molecule has 2 amide bonds. The number of amides is 2. The fourth-order valence-corrected chi connectivity index (χ4v) is 4.06. The van der Waals surface area contributed by atoms with Crippen LogP contribution < -0.4 is 16.2 Å². The van der Waals surface area contributed by atoms with Crippen molar-refractivity contribution in [1.82, 2.24) is 14.7 Å². The molecule has 1 saturated heterocycles. The van der Waals surface area contributed by atoms with Gasteiger partial charge in [-0.15, -0.1) is 0 Å². The van der Waals surface area contributed by atoms with E-state index in [0.717, 1.165) is 5.75 Å². The van der Waals surface area contributed by atoms with Crippen molar-refractivity contribution in [2.75, 3.05) is 24.2 Å². The van der Waals surface area contributed by atoms with Gasteiger partial charge in [-0.3, -0.25) is 9.59 Å². The van der Waals surface area contributed by atoms with Crippen LogP contribution >= 0.6 is 15.9 Å². The number of nitrogens with two attached hydrogens (primary N) is 2. The molecule has 4 rings (SSSR count). The van der Waals surface area contributed by atoms with E-state index in [4.69, 9.17) is 16.2 Å². The number of carbonyl (C=O) groups excluding carboxylic acids is 2. The van der Waals surface area contributed by atoms with E-state index in [9.17, 15) is 9.59 Å². The number of carbonyl (C=O) groups is 2. The highest BCUT2D eigenvalue weighted by Crippen LogP contribution is 2.33. The highest BCUT2D eigenvalue weighted by Gasteiger charge is 2.31. The number of aromatic nitrogens is 2. The smallest absolute Gasteiger partial charge is 0.254 e. The average Bonchev–Trinajstić information content (AvgIpc) is 3.43. The number of primary amides is 1. The maximum Gasteiger partial charge on any atom is 0.254 e. The Kier molecular flexibility index (Phi) is 6.79. The molecule has 9 heteroatoms. The van der Waals surface area contributed by atoms with Crippen molar-refractivity contribution in [3.8, 4) is 22.8 Å². The largest absolute Gasteiger partial charge is 0.457 e. The third-order valence-electron chi connectivity index (χ3n) is 5.47. The lowest BCUT2D eigenvalue weighted by Crippen LogP contribution is -2.28. The molecule has 4 N–H and O–H groups in total. The van der Waals surface area contributed by atoms with Gasteiger partial charge in [-0.05, 0) is 48.9 Å². The van der Waals surface area contributed by atoms with Gasteiger partial charge in [0.2, 0.25) is 5.91 Å². The number of ether oxygens (including phenoxy) is 1. The molecule has 1 aliphatic heterocycles. The number of nitrogens with zero attached hydrogens (tertiary/aromatic N) is 3. The zero-order valence-corrected chi connectivity index (χ0v) is 19.4. The molecular weight excluding hydrogens is 486 g/mol. The first-order chi connectivity index (χ1) is 16.0. The van der Waals surface area contributed by atoms with Crippen molar-refractivity contribution in [2.45, 2.75) is 12.5 Å². The Labute approximate surface area is 199 Å². The van der Waals surface area contributed by atoms with Gasteiger partial charge in [-0.2, -0.15) is 5.10 Å². The van der Waals surface area contributed by atoms with Gasteiger partial charge in [0.15, 0.2) is 0 Å². The minimum Gasteiger partial charge on any atom is -0.457 e. The molecule has 3 aromatic rings. The number of hydrogen-bond acceptors (Lipinski definition) is 5. The molecule has 1 aliphatic rings. The molecule has 0 spiro atoms. The summed E-state index contributed by atoms with van der Waals surface area (Å²) in [6, 6.07) is 16.5. The number of para-hydroxylation sites is 1. The number of allylic oxidation sites excluding steroid dienone is 1. The summed E-state index contributed by atoms with van der Waals surface area (Å²) in [6.07, 6.45) is 3.98. The summed E-state index contributed by atoms with van der Waals surface area (Å²) < 4.78 is 7.45. The van der Waals surface area contributed by atoms with Crippen LogP contribution in [0, 0.1) is 0 Å². The Morgan fingerprint density at radius 3 is 2.48 bits per heavy atom. The summed E-state index contributed by atoms with van der Waals surface area (Å²) in [4.78, 5) is 26.3. The minimum absolute atomic E-state index is 0.0629. The van der Waals surface area contributed by atoms with Crippen LogP contribution in [0.2, 0.25) is 0 Å². The molecule has 33 heavy (non-hydrogen) atoms. The first kappa shape index (κ1) is 22.6. The zero-order valence-electron chi connectivity index (χ0n) is 17.9. The number of rotatable bonds is 7. The minimum atomic E-state index is -0.649. The number of anilines is 1. The van der Waals surface area contributed by atoms with Gasteiger partial charge in [-0.25, -0.2) is 4.68 Å². The Morgan fingerprint density at radius 2 is 1.82 bits per heavy atom. The van der Waals surface area contributed by atoms with Crippen LogP contribution in [0.3, 0.4) is 0 Å². The lowest BCUT2D eigenvalue weighted by atomic mass is 10.1. The highest BCUT2D eigenvalue weighted by atomic mass is 79.9. The first-order valence-electron chi connectivity index (χ1n) is 10.5. The molecule has 0 unspecified atom stereocenters. The highest BCUT2D eigenvalue weighted by molar-refractivity contribution is 9.09. The topological polar surface area (TPSA) is 116 Å². The van der Waals surface area contributed by atoms with Crippen LogP contribution in [-0.4, -0.2) is 44.9 Å². The van der Waals surface area contributed by atoms with Crippen molar-refractivity contribution in [3.05, 3.63) is 72.3 Å². The first-order valence-corrected chi connectivity index (χ1v) is 11.6. The lowest BCUT2D eigenvalue weighted by Gasteiger charge is -2.15.